The molecule has 24 heavy (non-hydrogen) atoms. The van der Waals surface area contributed by atoms with E-state index in [1.54, 1.807) is 7.11 Å². The van der Waals surface area contributed by atoms with Gasteiger partial charge in [-0.3, -0.25) is 0 Å². The van der Waals surface area contributed by atoms with Gasteiger partial charge in [-0.15, -0.1) is 0 Å². The van der Waals surface area contributed by atoms with Gasteiger partial charge in [-0.05, 0) is 54.0 Å². The van der Waals surface area contributed by atoms with Crippen LogP contribution in [0.15, 0.2) is 47.6 Å². The number of hydrogen-bond acceptors (Lipinski definition) is 3. The van der Waals surface area contributed by atoms with E-state index in [4.69, 9.17) is 9.47 Å². The summed E-state index contributed by atoms with van der Waals surface area (Å²) in [6.07, 6.45) is 6.17. The summed E-state index contributed by atoms with van der Waals surface area (Å²) < 4.78 is 11.2. The van der Waals surface area contributed by atoms with Crippen LogP contribution in [0.5, 0.6) is 11.5 Å². The van der Waals surface area contributed by atoms with Gasteiger partial charge in [0.15, 0.2) is 0 Å². The summed E-state index contributed by atoms with van der Waals surface area (Å²) in [4.78, 5) is 0. The van der Waals surface area contributed by atoms with Crippen LogP contribution in [0.1, 0.15) is 33.6 Å². The number of methoxy groups -OCH3 is 1. The molecule has 1 aromatic carbocycles. The molecule has 3 nitrogen and oxygen atoms in total. The molecule has 2 aliphatic rings. The van der Waals surface area contributed by atoms with Crippen molar-refractivity contribution in [3.8, 4) is 11.5 Å². The summed E-state index contributed by atoms with van der Waals surface area (Å²) in [5, 5.41) is 10.5. The predicted molar refractivity (Wildman–Crippen MR) is 96.3 cm³/mol. The van der Waals surface area contributed by atoms with E-state index in [2.05, 4.69) is 32.9 Å². The van der Waals surface area contributed by atoms with Crippen LogP contribution in [0.4, 0.5) is 0 Å². The van der Waals surface area contributed by atoms with Crippen LogP contribution in [0, 0.1) is 17.3 Å². The van der Waals surface area contributed by atoms with Crippen molar-refractivity contribution in [1.82, 2.24) is 0 Å². The lowest BCUT2D eigenvalue weighted by Crippen LogP contribution is -2.14. The maximum absolute atomic E-state index is 10.5. The van der Waals surface area contributed by atoms with E-state index in [0.717, 1.165) is 24.3 Å². The molecule has 2 aliphatic carbocycles. The van der Waals surface area contributed by atoms with E-state index in [-0.39, 0.29) is 17.4 Å². The lowest BCUT2D eigenvalue weighted by molar-refractivity contribution is 0.146. The SMILES string of the molecule is COc1ccc(OCC2=C[C@H]3C(=CC[C@H]2C)C(C)(C)CC3O)cc1. The molecule has 0 spiro atoms. The van der Waals surface area contributed by atoms with Crippen molar-refractivity contribution in [3.63, 3.8) is 0 Å². The molecule has 3 heteroatoms. The summed E-state index contributed by atoms with van der Waals surface area (Å²) in [6.45, 7) is 7.28. The second-order valence-corrected chi connectivity index (χ2v) is 7.68. The molecule has 1 aromatic rings. The first-order chi connectivity index (χ1) is 11.4. The van der Waals surface area contributed by atoms with Crippen LogP contribution >= 0.6 is 0 Å². The highest BCUT2D eigenvalue weighted by atomic mass is 16.5. The highest BCUT2D eigenvalue weighted by Crippen LogP contribution is 2.49. The Labute approximate surface area is 145 Å². The molecular formula is C21H28O3. The van der Waals surface area contributed by atoms with Crippen molar-refractivity contribution in [2.75, 3.05) is 13.7 Å². The lowest BCUT2D eigenvalue weighted by atomic mass is 9.84. The third-order valence-electron chi connectivity index (χ3n) is 5.46. The number of ether oxygens (including phenoxy) is 2. The van der Waals surface area contributed by atoms with Crippen molar-refractivity contribution < 1.29 is 14.6 Å². The average Bonchev–Trinajstić information content (AvgIpc) is 2.68. The average molecular weight is 328 g/mol. The predicted octanol–water partition coefficient (Wildman–Crippen LogP) is 4.37. The molecular weight excluding hydrogens is 300 g/mol. The minimum Gasteiger partial charge on any atom is -0.497 e. The number of allylic oxidation sites excluding steroid dienone is 1. The summed E-state index contributed by atoms with van der Waals surface area (Å²) in [5.74, 6) is 2.24. The highest BCUT2D eigenvalue weighted by Gasteiger charge is 2.42. The number of aliphatic hydroxyl groups excluding tert-OH is 1. The fourth-order valence-corrected chi connectivity index (χ4v) is 3.92. The van der Waals surface area contributed by atoms with Crippen LogP contribution in [0.2, 0.25) is 0 Å². The van der Waals surface area contributed by atoms with E-state index in [9.17, 15) is 5.11 Å². The Bertz CT molecular complexity index is 640. The highest BCUT2D eigenvalue weighted by molar-refractivity contribution is 5.34. The summed E-state index contributed by atoms with van der Waals surface area (Å²) in [7, 11) is 1.66. The normalized spacial score (nSPS) is 28.5. The molecule has 3 rings (SSSR count). The summed E-state index contributed by atoms with van der Waals surface area (Å²) in [6, 6.07) is 7.67. The molecule has 1 fully saturated rings. The second kappa shape index (κ2) is 6.64. The van der Waals surface area contributed by atoms with Gasteiger partial charge in [-0.1, -0.05) is 38.5 Å². The van der Waals surface area contributed by atoms with Gasteiger partial charge in [0, 0.05) is 5.92 Å². The minimum atomic E-state index is -0.285. The molecule has 1 unspecified atom stereocenters. The molecule has 0 amide bonds. The molecule has 1 N–H and O–H groups in total. The first kappa shape index (κ1) is 17.1. The number of aliphatic hydroxyl groups is 1. The Hall–Kier alpha value is -1.74. The van der Waals surface area contributed by atoms with Gasteiger partial charge in [0.2, 0.25) is 0 Å². The molecule has 1 saturated carbocycles. The van der Waals surface area contributed by atoms with Crippen molar-refractivity contribution >= 4 is 0 Å². The standard InChI is InChI=1S/C21H28O3/c1-14-5-10-19-18(20(22)12-21(19,2)3)11-15(14)13-24-17-8-6-16(23-4)7-9-17/h6-11,14,18,20,22H,5,12-13H2,1-4H3/t14-,18+,20?/m1/s1. The van der Waals surface area contributed by atoms with Crippen LogP contribution in [-0.4, -0.2) is 24.9 Å². The van der Waals surface area contributed by atoms with Gasteiger partial charge in [0.25, 0.3) is 0 Å². The van der Waals surface area contributed by atoms with Gasteiger partial charge in [-0.2, -0.15) is 0 Å². The third-order valence-corrected chi connectivity index (χ3v) is 5.46. The first-order valence-electron chi connectivity index (χ1n) is 8.77. The second-order valence-electron chi connectivity index (χ2n) is 7.68. The van der Waals surface area contributed by atoms with Gasteiger partial charge in [0.05, 0.1) is 13.2 Å². The molecule has 0 aliphatic heterocycles. The van der Waals surface area contributed by atoms with E-state index in [1.165, 1.54) is 11.1 Å². The maximum atomic E-state index is 10.5. The van der Waals surface area contributed by atoms with E-state index in [1.807, 2.05) is 24.3 Å². The quantitative estimate of drug-likeness (QED) is 0.834. The van der Waals surface area contributed by atoms with Crippen LogP contribution in [0.25, 0.3) is 0 Å². The van der Waals surface area contributed by atoms with Crippen molar-refractivity contribution in [2.45, 2.75) is 39.7 Å². The van der Waals surface area contributed by atoms with E-state index in [0.29, 0.717) is 12.5 Å². The Morgan fingerprint density at radius 2 is 1.83 bits per heavy atom. The zero-order valence-corrected chi connectivity index (χ0v) is 15.1. The van der Waals surface area contributed by atoms with Crippen LogP contribution in [-0.2, 0) is 0 Å². The van der Waals surface area contributed by atoms with Crippen LogP contribution in [0.3, 0.4) is 0 Å². The molecule has 0 saturated heterocycles. The minimum absolute atomic E-state index is 0.0899. The molecule has 0 heterocycles. The van der Waals surface area contributed by atoms with E-state index >= 15 is 0 Å². The Morgan fingerprint density at radius 3 is 2.50 bits per heavy atom. The molecule has 0 radical (unpaired) electrons. The first-order valence-corrected chi connectivity index (χ1v) is 8.77. The lowest BCUT2D eigenvalue weighted by Gasteiger charge is -2.20. The smallest absolute Gasteiger partial charge is 0.120 e. The van der Waals surface area contributed by atoms with Crippen LogP contribution < -0.4 is 9.47 Å². The number of fused-ring (bicyclic) bond motifs is 1. The number of rotatable bonds is 4. The zero-order valence-electron chi connectivity index (χ0n) is 15.1. The van der Waals surface area contributed by atoms with Crippen molar-refractivity contribution in [1.29, 1.82) is 0 Å². The zero-order chi connectivity index (χ0) is 17.3. The molecule has 3 atom stereocenters. The van der Waals surface area contributed by atoms with Gasteiger partial charge in [0.1, 0.15) is 18.1 Å². The fourth-order valence-electron chi connectivity index (χ4n) is 3.92. The molecule has 0 aromatic heterocycles. The Morgan fingerprint density at radius 1 is 1.17 bits per heavy atom. The number of benzene rings is 1. The largest absolute Gasteiger partial charge is 0.497 e. The van der Waals surface area contributed by atoms with E-state index < -0.39 is 0 Å². The maximum Gasteiger partial charge on any atom is 0.120 e. The number of hydrogen-bond donors (Lipinski definition) is 1. The molecule has 0 bridgehead atoms. The third kappa shape index (κ3) is 3.36. The summed E-state index contributed by atoms with van der Waals surface area (Å²) >= 11 is 0. The Balaban J connectivity index is 1.74. The Kier molecular flexibility index (Phi) is 4.73. The monoisotopic (exact) mass is 328 g/mol. The van der Waals surface area contributed by atoms with Gasteiger partial charge in [-0.25, -0.2) is 0 Å². The van der Waals surface area contributed by atoms with Gasteiger partial charge < -0.3 is 14.6 Å². The van der Waals surface area contributed by atoms with Crippen molar-refractivity contribution in [2.24, 2.45) is 17.3 Å². The topological polar surface area (TPSA) is 38.7 Å². The molecule has 130 valence electrons. The summed E-state index contributed by atoms with van der Waals surface area (Å²) in [5.41, 5.74) is 2.76. The van der Waals surface area contributed by atoms with Crippen molar-refractivity contribution in [3.05, 3.63) is 47.6 Å². The fraction of sp³-hybridized carbons (Fsp3) is 0.524. The van der Waals surface area contributed by atoms with Gasteiger partial charge >= 0.3 is 0 Å².